The van der Waals surface area contributed by atoms with E-state index in [9.17, 15) is 19.0 Å². The van der Waals surface area contributed by atoms with Gasteiger partial charge in [0.1, 0.15) is 6.61 Å². The molecule has 0 aliphatic rings. The first-order valence-corrected chi connectivity index (χ1v) is 38.4. The second kappa shape index (κ2) is 71.5. The number of rotatable bonds is 70. The van der Waals surface area contributed by atoms with E-state index in [-0.39, 0.29) is 38.6 Å². The number of unbranched alkanes of at least 4 members (excludes halogenated alkanes) is 45. The van der Waals surface area contributed by atoms with E-state index in [1.807, 2.05) is 0 Å². The zero-order chi connectivity index (χ0) is 62.3. The van der Waals surface area contributed by atoms with Gasteiger partial charge in [-0.1, -0.05) is 363 Å². The number of hydrogen-bond acceptors (Lipinski definition) is 8. The van der Waals surface area contributed by atoms with Gasteiger partial charge < -0.3 is 20.1 Å². The third-order valence-corrected chi connectivity index (χ3v) is 17.3. The Morgan fingerprint density at radius 3 is 0.953 bits per heavy atom. The predicted octanol–water partition coefficient (Wildman–Crippen LogP) is 24.4. The number of carbonyl (C=O) groups excluding carboxylic acids is 2. The lowest BCUT2D eigenvalue weighted by molar-refractivity contribution is -0.161. The van der Waals surface area contributed by atoms with Gasteiger partial charge in [0.25, 0.3) is 0 Å². The summed E-state index contributed by atoms with van der Waals surface area (Å²) in [4.78, 5) is 35.4. The van der Waals surface area contributed by atoms with E-state index in [2.05, 4.69) is 86.8 Å². The van der Waals surface area contributed by atoms with E-state index in [0.29, 0.717) is 6.42 Å². The Morgan fingerprint density at radius 2 is 0.640 bits per heavy atom. The van der Waals surface area contributed by atoms with Crippen LogP contribution in [0.5, 0.6) is 0 Å². The smallest absolute Gasteiger partial charge is 0.462 e. The maximum atomic E-state index is 12.7. The minimum atomic E-state index is -4.40. The maximum absolute atomic E-state index is 12.7. The summed E-state index contributed by atoms with van der Waals surface area (Å²) in [6.07, 6.45) is 94.6. The van der Waals surface area contributed by atoms with Crippen LogP contribution in [0.25, 0.3) is 0 Å². The molecular weight excluding hydrogens is 1090 g/mol. The molecule has 0 saturated heterocycles. The molecule has 0 fully saturated rings. The van der Waals surface area contributed by atoms with Crippen LogP contribution in [0.3, 0.4) is 0 Å². The molecule has 0 heterocycles. The lowest BCUT2D eigenvalue weighted by atomic mass is 10.0. The number of hydrogen-bond donors (Lipinski definition) is 2. The highest BCUT2D eigenvalue weighted by molar-refractivity contribution is 7.47. The van der Waals surface area contributed by atoms with Crippen molar-refractivity contribution in [2.75, 3.05) is 26.4 Å². The third-order valence-electron chi connectivity index (χ3n) is 16.4. The van der Waals surface area contributed by atoms with Gasteiger partial charge in [0.15, 0.2) is 6.10 Å². The Morgan fingerprint density at radius 1 is 0.360 bits per heavy atom. The molecule has 0 amide bonds. The van der Waals surface area contributed by atoms with Gasteiger partial charge in [-0.15, -0.1) is 0 Å². The number of phosphoric acid groups is 1. The molecule has 3 N–H and O–H groups in total. The van der Waals surface area contributed by atoms with Crippen molar-refractivity contribution in [2.24, 2.45) is 5.73 Å². The fourth-order valence-electron chi connectivity index (χ4n) is 10.9. The van der Waals surface area contributed by atoms with Crippen LogP contribution in [0, 0.1) is 0 Å². The average Bonchev–Trinajstić information content (AvgIpc) is 3.58. The molecule has 0 aromatic carbocycles. The Kier molecular flexibility index (Phi) is 69.4. The lowest BCUT2D eigenvalue weighted by Crippen LogP contribution is -2.29. The molecule has 0 aromatic rings. The highest BCUT2D eigenvalue weighted by Crippen LogP contribution is 2.43. The number of nitrogens with two attached hydrogens (primary N) is 1. The Bertz CT molecular complexity index is 1640. The number of phosphoric ester groups is 1. The third kappa shape index (κ3) is 70.5. The summed E-state index contributed by atoms with van der Waals surface area (Å²) in [5.41, 5.74) is 5.40. The van der Waals surface area contributed by atoms with Crippen molar-refractivity contribution in [1.29, 1.82) is 0 Å². The van der Waals surface area contributed by atoms with Crippen molar-refractivity contribution in [3.8, 4) is 0 Å². The summed E-state index contributed by atoms with van der Waals surface area (Å²) in [5, 5.41) is 0. The van der Waals surface area contributed by atoms with Gasteiger partial charge >= 0.3 is 19.8 Å². The Labute approximate surface area is 532 Å². The van der Waals surface area contributed by atoms with Crippen molar-refractivity contribution in [2.45, 2.75) is 373 Å². The highest BCUT2D eigenvalue weighted by Gasteiger charge is 2.26. The quantitative estimate of drug-likeness (QED) is 0.0264. The number of carbonyl (C=O) groups is 2. The van der Waals surface area contributed by atoms with Gasteiger partial charge in [0.05, 0.1) is 13.2 Å². The summed E-state index contributed by atoms with van der Waals surface area (Å²) >= 11 is 0. The van der Waals surface area contributed by atoms with Crippen molar-refractivity contribution in [3.05, 3.63) is 72.9 Å². The molecule has 502 valence electrons. The largest absolute Gasteiger partial charge is 0.472 e. The van der Waals surface area contributed by atoms with Crippen molar-refractivity contribution in [1.82, 2.24) is 0 Å². The molecule has 2 unspecified atom stereocenters. The minimum Gasteiger partial charge on any atom is -0.462 e. The van der Waals surface area contributed by atoms with Crippen LogP contribution < -0.4 is 5.73 Å². The summed E-state index contributed by atoms with van der Waals surface area (Å²) in [5.74, 6) is -0.833. The first kappa shape index (κ1) is 83.5. The molecule has 86 heavy (non-hydrogen) atoms. The molecule has 0 radical (unpaired) electrons. The van der Waals surface area contributed by atoms with Gasteiger partial charge in [0.2, 0.25) is 0 Å². The monoisotopic (exact) mass is 1230 g/mol. The molecule has 0 rings (SSSR count). The Hall–Kier alpha value is -2.55. The molecule has 2 atom stereocenters. The van der Waals surface area contributed by atoms with Crippen LogP contribution in [0.2, 0.25) is 0 Å². The summed E-state index contributed by atoms with van der Waals surface area (Å²) in [6, 6.07) is 0. The van der Waals surface area contributed by atoms with E-state index in [1.54, 1.807) is 0 Å². The maximum Gasteiger partial charge on any atom is 0.472 e. The molecule has 0 bridgehead atoms. The molecule has 0 aliphatic carbocycles. The molecular formula is C76H140NO8P. The SMILES string of the molecule is CC/C=C\C/C=C\C/C=C\C/C=C\C/C=C\C/C=C\CCCCCCCCC(=O)OC(COC(=O)CCCCCCCCCCCCCCCCCCCCCCCCCCCCCCCCCCCCCCCCCC)COP(=O)(O)OCCN. The van der Waals surface area contributed by atoms with Crippen LogP contribution >= 0.6 is 7.82 Å². The van der Waals surface area contributed by atoms with Gasteiger partial charge in [-0.3, -0.25) is 18.6 Å². The van der Waals surface area contributed by atoms with Crippen molar-refractivity contribution < 1.29 is 37.6 Å². The standard InChI is InChI=1S/C76H140NO8P/c1-3-5-7-9-11-13-15-17-19-21-23-25-27-29-30-31-32-33-34-35-36-37-38-39-40-41-42-43-45-46-48-50-52-54-56-58-60-62-64-66-68-75(78)82-72-74(73-84-86(80,81)83-71-70-77)85-76(79)69-67-65-63-61-59-57-55-53-51-49-47-44-28-26-24-22-20-18-16-14-12-10-8-6-4-2/h6,8,12,14,18,20,24,26,44,47,51,53,74H,3-5,7,9-11,13,15-17,19,21-23,25,27-43,45-46,48-50,52,54-73,77H2,1-2H3,(H,80,81)/b8-6-,14-12-,20-18-,26-24-,47-44-,53-51-. The molecule has 0 aliphatic heterocycles. The van der Waals surface area contributed by atoms with Crippen LogP contribution in [-0.4, -0.2) is 49.3 Å². The van der Waals surface area contributed by atoms with E-state index in [1.165, 1.54) is 238 Å². The number of allylic oxidation sites excluding steroid dienone is 12. The topological polar surface area (TPSA) is 134 Å². The van der Waals surface area contributed by atoms with Crippen LogP contribution in [-0.2, 0) is 32.7 Å². The molecule has 0 saturated carbocycles. The van der Waals surface area contributed by atoms with Crippen LogP contribution in [0.4, 0.5) is 0 Å². The minimum absolute atomic E-state index is 0.0488. The number of ether oxygens (including phenoxy) is 2. The molecule has 0 spiro atoms. The lowest BCUT2D eigenvalue weighted by Gasteiger charge is -2.19. The zero-order valence-electron chi connectivity index (χ0n) is 56.6. The summed E-state index contributed by atoms with van der Waals surface area (Å²) in [6.45, 7) is 3.66. The second-order valence-electron chi connectivity index (χ2n) is 24.8. The predicted molar refractivity (Wildman–Crippen MR) is 372 cm³/mol. The zero-order valence-corrected chi connectivity index (χ0v) is 57.4. The molecule has 9 nitrogen and oxygen atoms in total. The first-order valence-electron chi connectivity index (χ1n) is 36.9. The summed E-state index contributed by atoms with van der Waals surface area (Å²) < 4.78 is 33.2. The van der Waals surface area contributed by atoms with Crippen molar-refractivity contribution >= 4 is 19.8 Å². The first-order chi connectivity index (χ1) is 42.3. The van der Waals surface area contributed by atoms with E-state index < -0.39 is 26.5 Å². The van der Waals surface area contributed by atoms with E-state index in [4.69, 9.17) is 24.3 Å². The summed E-state index contributed by atoms with van der Waals surface area (Å²) in [7, 11) is -4.40. The normalized spacial score (nSPS) is 13.3. The molecule has 0 aromatic heterocycles. The second-order valence-corrected chi connectivity index (χ2v) is 26.2. The van der Waals surface area contributed by atoms with Gasteiger partial charge in [-0.2, -0.15) is 0 Å². The van der Waals surface area contributed by atoms with Gasteiger partial charge in [-0.25, -0.2) is 4.57 Å². The Balaban J connectivity index is 3.78. The van der Waals surface area contributed by atoms with Crippen LogP contribution in [0.15, 0.2) is 72.9 Å². The highest BCUT2D eigenvalue weighted by atomic mass is 31.2. The van der Waals surface area contributed by atoms with Crippen LogP contribution in [0.1, 0.15) is 367 Å². The molecule has 10 heteroatoms. The fourth-order valence-corrected chi connectivity index (χ4v) is 11.7. The average molecular weight is 1230 g/mol. The van der Waals surface area contributed by atoms with Gasteiger partial charge in [-0.05, 0) is 64.2 Å². The van der Waals surface area contributed by atoms with Gasteiger partial charge in [0, 0.05) is 19.4 Å². The number of esters is 2. The fraction of sp³-hybridized carbons (Fsp3) is 0.816. The van der Waals surface area contributed by atoms with E-state index in [0.717, 1.165) is 96.3 Å². The van der Waals surface area contributed by atoms with E-state index >= 15 is 0 Å². The van der Waals surface area contributed by atoms with Crippen molar-refractivity contribution in [3.63, 3.8) is 0 Å².